The minimum atomic E-state index is -0.304. The number of hydrogen-bond acceptors (Lipinski definition) is 5. The van der Waals surface area contributed by atoms with Gasteiger partial charge in [-0.15, -0.1) is 0 Å². The minimum absolute atomic E-state index is 0.0948. The summed E-state index contributed by atoms with van der Waals surface area (Å²) in [6.45, 7) is 1.96. The van der Waals surface area contributed by atoms with Crippen molar-refractivity contribution >= 4 is 17.5 Å². The summed E-state index contributed by atoms with van der Waals surface area (Å²) in [5.41, 5.74) is 1.20. The van der Waals surface area contributed by atoms with Crippen molar-refractivity contribution in [3.05, 3.63) is 46.5 Å². The predicted octanol–water partition coefficient (Wildman–Crippen LogP) is 3.58. The number of ether oxygens (including phenoxy) is 4. The third kappa shape index (κ3) is 3.44. The second-order valence-electron chi connectivity index (χ2n) is 5.49. The summed E-state index contributed by atoms with van der Waals surface area (Å²) < 4.78 is 21.2. The normalized spacial score (nSPS) is 13.3. The zero-order valence-corrected chi connectivity index (χ0v) is 14.8. The van der Waals surface area contributed by atoms with Crippen LogP contribution in [0.5, 0.6) is 23.0 Å². The highest BCUT2D eigenvalue weighted by Gasteiger charge is 2.22. The molecule has 0 bridgehead atoms. The van der Waals surface area contributed by atoms with Crippen LogP contribution >= 0.6 is 11.6 Å². The van der Waals surface area contributed by atoms with E-state index in [0.29, 0.717) is 33.6 Å². The number of nitrogens with one attached hydrogen (secondary N) is 1. The molecule has 2 aromatic rings. The van der Waals surface area contributed by atoms with Gasteiger partial charge in [-0.25, -0.2) is 0 Å². The maximum atomic E-state index is 12.6. The quantitative estimate of drug-likeness (QED) is 0.879. The monoisotopic (exact) mass is 363 g/mol. The SMILES string of the molecule is COc1ccc(OC)c([C@@H](C)NC(=O)c2cc(Cl)c3c(c2)OCO3)c1. The van der Waals surface area contributed by atoms with Gasteiger partial charge in [0, 0.05) is 11.1 Å². The number of methoxy groups -OCH3 is 2. The predicted molar refractivity (Wildman–Crippen MR) is 93.0 cm³/mol. The van der Waals surface area contributed by atoms with E-state index in [1.54, 1.807) is 38.5 Å². The van der Waals surface area contributed by atoms with Gasteiger partial charge in [-0.1, -0.05) is 11.6 Å². The van der Waals surface area contributed by atoms with Crippen LogP contribution in [0.4, 0.5) is 0 Å². The molecule has 132 valence electrons. The second-order valence-corrected chi connectivity index (χ2v) is 5.90. The van der Waals surface area contributed by atoms with Crippen LogP contribution < -0.4 is 24.3 Å². The Hall–Kier alpha value is -2.60. The Balaban J connectivity index is 1.83. The molecular formula is C18H18ClNO5. The van der Waals surface area contributed by atoms with Crippen molar-refractivity contribution in [2.24, 2.45) is 0 Å². The molecule has 0 aromatic heterocycles. The van der Waals surface area contributed by atoms with Crippen molar-refractivity contribution in [1.29, 1.82) is 0 Å². The van der Waals surface area contributed by atoms with Crippen molar-refractivity contribution in [2.75, 3.05) is 21.0 Å². The van der Waals surface area contributed by atoms with Crippen LogP contribution in [-0.4, -0.2) is 26.9 Å². The highest BCUT2D eigenvalue weighted by Crippen LogP contribution is 2.40. The van der Waals surface area contributed by atoms with Gasteiger partial charge in [0.15, 0.2) is 11.5 Å². The molecule has 0 saturated heterocycles. The zero-order chi connectivity index (χ0) is 18.0. The van der Waals surface area contributed by atoms with Crippen LogP contribution in [-0.2, 0) is 0 Å². The Morgan fingerprint density at radius 1 is 1.20 bits per heavy atom. The summed E-state index contributed by atoms with van der Waals surface area (Å²) in [5.74, 6) is 1.99. The molecule has 0 aliphatic carbocycles. The van der Waals surface area contributed by atoms with Crippen LogP contribution in [0.15, 0.2) is 30.3 Å². The molecule has 3 rings (SSSR count). The smallest absolute Gasteiger partial charge is 0.251 e. The number of carbonyl (C=O) groups is 1. The Kier molecular flexibility index (Phi) is 4.90. The van der Waals surface area contributed by atoms with Gasteiger partial charge in [0.1, 0.15) is 11.5 Å². The Bertz CT molecular complexity index is 808. The standard InChI is InChI=1S/C18H18ClNO5/c1-10(13-8-12(22-2)4-5-15(13)23-3)20-18(21)11-6-14(19)17-16(7-11)24-9-25-17/h4-8,10H,9H2,1-3H3,(H,20,21)/t10-/m1/s1. The van der Waals surface area contributed by atoms with E-state index in [4.69, 9.17) is 30.5 Å². The molecule has 1 amide bonds. The molecule has 0 radical (unpaired) electrons. The molecular weight excluding hydrogens is 346 g/mol. The third-order valence-corrected chi connectivity index (χ3v) is 4.22. The highest BCUT2D eigenvalue weighted by atomic mass is 35.5. The van der Waals surface area contributed by atoms with E-state index in [1.165, 1.54) is 0 Å². The Labute approximate surface area is 150 Å². The second kappa shape index (κ2) is 7.11. The first-order valence-corrected chi connectivity index (χ1v) is 8.03. The average molecular weight is 364 g/mol. The highest BCUT2D eigenvalue weighted by molar-refractivity contribution is 6.32. The lowest BCUT2D eigenvalue weighted by Crippen LogP contribution is -2.27. The van der Waals surface area contributed by atoms with Crippen molar-refractivity contribution in [2.45, 2.75) is 13.0 Å². The number of halogens is 1. The van der Waals surface area contributed by atoms with E-state index in [9.17, 15) is 4.79 Å². The lowest BCUT2D eigenvalue weighted by atomic mass is 10.1. The maximum Gasteiger partial charge on any atom is 0.251 e. The molecule has 1 aliphatic heterocycles. The van der Waals surface area contributed by atoms with Gasteiger partial charge >= 0.3 is 0 Å². The molecule has 0 spiro atoms. The first-order chi connectivity index (χ1) is 12.0. The first-order valence-electron chi connectivity index (χ1n) is 7.65. The fourth-order valence-electron chi connectivity index (χ4n) is 2.63. The van der Waals surface area contributed by atoms with E-state index < -0.39 is 0 Å². The Morgan fingerprint density at radius 2 is 2.00 bits per heavy atom. The molecule has 2 aromatic carbocycles. The van der Waals surface area contributed by atoms with Gasteiger partial charge in [-0.05, 0) is 37.3 Å². The van der Waals surface area contributed by atoms with Crippen LogP contribution in [0.1, 0.15) is 28.9 Å². The van der Waals surface area contributed by atoms with Crippen molar-refractivity contribution in [3.63, 3.8) is 0 Å². The minimum Gasteiger partial charge on any atom is -0.497 e. The van der Waals surface area contributed by atoms with Gasteiger partial charge in [-0.2, -0.15) is 0 Å². The topological polar surface area (TPSA) is 66.0 Å². The van der Waals surface area contributed by atoms with Crippen LogP contribution in [0.3, 0.4) is 0 Å². The molecule has 0 saturated carbocycles. The van der Waals surface area contributed by atoms with E-state index in [0.717, 1.165) is 5.56 Å². The van der Waals surface area contributed by atoms with Crippen LogP contribution in [0.25, 0.3) is 0 Å². The summed E-state index contributed by atoms with van der Waals surface area (Å²) in [4.78, 5) is 12.6. The number of carbonyl (C=O) groups excluding carboxylic acids is 1. The Morgan fingerprint density at radius 3 is 2.72 bits per heavy atom. The average Bonchev–Trinajstić information content (AvgIpc) is 3.10. The van der Waals surface area contributed by atoms with Crippen molar-refractivity contribution in [3.8, 4) is 23.0 Å². The van der Waals surface area contributed by atoms with E-state index in [1.807, 2.05) is 13.0 Å². The van der Waals surface area contributed by atoms with Gasteiger partial charge in [0.2, 0.25) is 6.79 Å². The fourth-order valence-corrected chi connectivity index (χ4v) is 2.90. The summed E-state index contributed by atoms with van der Waals surface area (Å²) in [6.07, 6.45) is 0. The first kappa shape index (κ1) is 17.2. The summed E-state index contributed by atoms with van der Waals surface area (Å²) in [6, 6.07) is 8.29. The molecule has 25 heavy (non-hydrogen) atoms. The van der Waals surface area contributed by atoms with Crippen LogP contribution in [0, 0.1) is 0 Å². The van der Waals surface area contributed by atoms with Gasteiger partial charge in [-0.3, -0.25) is 4.79 Å². The fraction of sp³-hybridized carbons (Fsp3) is 0.278. The molecule has 1 aliphatic rings. The third-order valence-electron chi connectivity index (χ3n) is 3.94. The van der Waals surface area contributed by atoms with Crippen LogP contribution in [0.2, 0.25) is 5.02 Å². The summed E-state index contributed by atoms with van der Waals surface area (Å²) >= 11 is 6.14. The molecule has 6 nitrogen and oxygen atoms in total. The lowest BCUT2D eigenvalue weighted by molar-refractivity contribution is 0.0939. The van der Waals surface area contributed by atoms with Gasteiger partial charge in [0.25, 0.3) is 5.91 Å². The van der Waals surface area contributed by atoms with Gasteiger partial charge in [0.05, 0.1) is 25.3 Å². The molecule has 1 N–H and O–H groups in total. The lowest BCUT2D eigenvalue weighted by Gasteiger charge is -2.18. The molecule has 0 fully saturated rings. The zero-order valence-electron chi connectivity index (χ0n) is 14.1. The molecule has 7 heteroatoms. The number of hydrogen-bond donors (Lipinski definition) is 1. The number of rotatable bonds is 5. The number of benzene rings is 2. The number of fused-ring (bicyclic) bond motifs is 1. The largest absolute Gasteiger partial charge is 0.497 e. The molecule has 0 unspecified atom stereocenters. The maximum absolute atomic E-state index is 12.6. The van der Waals surface area contributed by atoms with E-state index >= 15 is 0 Å². The van der Waals surface area contributed by atoms with E-state index in [-0.39, 0.29) is 18.7 Å². The summed E-state index contributed by atoms with van der Waals surface area (Å²) in [5, 5.41) is 3.27. The number of amides is 1. The molecule has 1 heterocycles. The van der Waals surface area contributed by atoms with Crippen molar-refractivity contribution in [1.82, 2.24) is 5.32 Å². The summed E-state index contributed by atoms with van der Waals surface area (Å²) in [7, 11) is 3.17. The molecule has 1 atom stereocenters. The van der Waals surface area contributed by atoms with Crippen molar-refractivity contribution < 1.29 is 23.7 Å². The van der Waals surface area contributed by atoms with Gasteiger partial charge < -0.3 is 24.3 Å². The van der Waals surface area contributed by atoms with E-state index in [2.05, 4.69) is 5.32 Å².